The summed E-state index contributed by atoms with van der Waals surface area (Å²) in [6, 6.07) is 16.9. The number of hydrogen-bond donors (Lipinski definition) is 2. The number of halogens is 2. The molecule has 32 heavy (non-hydrogen) atoms. The summed E-state index contributed by atoms with van der Waals surface area (Å²) in [5.74, 6) is 1.06. The van der Waals surface area contributed by atoms with Crippen molar-refractivity contribution < 1.29 is 14.6 Å². The van der Waals surface area contributed by atoms with Gasteiger partial charge in [0.1, 0.15) is 18.1 Å². The van der Waals surface area contributed by atoms with Gasteiger partial charge in [-0.3, -0.25) is 4.79 Å². The molecule has 0 fully saturated rings. The molecule has 2 N–H and O–H groups in total. The lowest BCUT2D eigenvalue weighted by atomic mass is 10.0. The maximum Gasteiger partial charge on any atom is 0.271 e. The standard InChI is InChI=1S/C25H24Br2N2O3/c1-15(2)20-9-4-16(3)10-23(20)32-14-17-5-7-19(8-6-17)25(31)29-28-13-18-11-21(26)24(30)22(27)12-18/h4-13,15,30H,14H2,1-3H3,(H,29,31)/b28-13+. The minimum atomic E-state index is -0.314. The third kappa shape index (κ3) is 6.20. The van der Waals surface area contributed by atoms with E-state index in [2.05, 4.69) is 74.4 Å². The largest absolute Gasteiger partial charge is 0.506 e. The van der Waals surface area contributed by atoms with E-state index in [0.717, 1.165) is 16.9 Å². The summed E-state index contributed by atoms with van der Waals surface area (Å²) in [6.45, 7) is 6.76. The summed E-state index contributed by atoms with van der Waals surface area (Å²) in [5.41, 5.74) is 7.03. The van der Waals surface area contributed by atoms with Gasteiger partial charge in [-0.05, 0) is 97.3 Å². The fourth-order valence-electron chi connectivity index (χ4n) is 3.05. The van der Waals surface area contributed by atoms with Gasteiger partial charge in [0, 0.05) is 5.56 Å². The number of aryl methyl sites for hydroxylation is 1. The summed E-state index contributed by atoms with van der Waals surface area (Å²) in [4.78, 5) is 12.4. The first-order valence-electron chi connectivity index (χ1n) is 10.1. The third-order valence-electron chi connectivity index (χ3n) is 4.82. The smallest absolute Gasteiger partial charge is 0.271 e. The number of nitrogens with one attached hydrogen (secondary N) is 1. The number of phenols is 1. The van der Waals surface area contributed by atoms with E-state index in [4.69, 9.17) is 4.74 Å². The van der Waals surface area contributed by atoms with Gasteiger partial charge in [-0.25, -0.2) is 5.43 Å². The molecule has 0 aliphatic carbocycles. The molecule has 0 aliphatic heterocycles. The number of hydrogen-bond acceptors (Lipinski definition) is 4. The van der Waals surface area contributed by atoms with Crippen LogP contribution in [0, 0.1) is 6.92 Å². The molecular formula is C25H24Br2N2O3. The van der Waals surface area contributed by atoms with E-state index in [1.54, 1.807) is 24.3 Å². The van der Waals surface area contributed by atoms with Crippen molar-refractivity contribution in [2.45, 2.75) is 33.3 Å². The topological polar surface area (TPSA) is 70.9 Å². The molecule has 0 aliphatic rings. The zero-order chi connectivity index (χ0) is 23.3. The summed E-state index contributed by atoms with van der Waals surface area (Å²) in [5, 5.41) is 13.7. The van der Waals surface area contributed by atoms with Gasteiger partial charge in [0.05, 0.1) is 15.2 Å². The molecule has 3 rings (SSSR count). The van der Waals surface area contributed by atoms with Crippen LogP contribution in [0.25, 0.3) is 0 Å². The van der Waals surface area contributed by atoms with E-state index >= 15 is 0 Å². The van der Waals surface area contributed by atoms with Crippen molar-refractivity contribution in [2.75, 3.05) is 0 Å². The molecule has 0 bridgehead atoms. The quantitative estimate of drug-likeness (QED) is 0.250. The maximum absolute atomic E-state index is 12.4. The van der Waals surface area contributed by atoms with Crippen molar-refractivity contribution in [2.24, 2.45) is 5.10 Å². The lowest BCUT2D eigenvalue weighted by molar-refractivity contribution is 0.0955. The van der Waals surface area contributed by atoms with E-state index in [1.165, 1.54) is 11.8 Å². The van der Waals surface area contributed by atoms with Crippen LogP contribution in [0.3, 0.4) is 0 Å². The highest BCUT2D eigenvalue weighted by molar-refractivity contribution is 9.11. The molecule has 166 valence electrons. The van der Waals surface area contributed by atoms with Gasteiger partial charge >= 0.3 is 0 Å². The Balaban J connectivity index is 1.60. The second-order valence-corrected chi connectivity index (χ2v) is 9.42. The molecule has 0 atom stereocenters. The predicted octanol–water partition coefficient (Wildman–Crippen LogP) is 6.69. The monoisotopic (exact) mass is 558 g/mol. The van der Waals surface area contributed by atoms with E-state index in [0.29, 0.717) is 32.6 Å². The minimum absolute atomic E-state index is 0.109. The van der Waals surface area contributed by atoms with Gasteiger partial charge < -0.3 is 9.84 Å². The molecule has 0 saturated heterocycles. The molecule has 1 amide bonds. The Morgan fingerprint density at radius 1 is 1.09 bits per heavy atom. The first-order chi connectivity index (χ1) is 15.2. The first-order valence-corrected chi connectivity index (χ1v) is 11.7. The lowest BCUT2D eigenvalue weighted by Crippen LogP contribution is -2.17. The number of aromatic hydroxyl groups is 1. The van der Waals surface area contributed by atoms with Crippen LogP contribution in [0.15, 0.2) is 68.6 Å². The summed E-state index contributed by atoms with van der Waals surface area (Å²) in [6.07, 6.45) is 1.50. The molecule has 0 saturated carbocycles. The fraction of sp³-hybridized carbons (Fsp3) is 0.200. The van der Waals surface area contributed by atoms with Crippen LogP contribution < -0.4 is 10.2 Å². The second kappa shape index (κ2) is 10.8. The highest BCUT2D eigenvalue weighted by Gasteiger charge is 2.09. The van der Waals surface area contributed by atoms with Crippen LogP contribution in [-0.2, 0) is 6.61 Å². The molecule has 0 heterocycles. The molecule has 7 heteroatoms. The zero-order valence-corrected chi connectivity index (χ0v) is 21.2. The van der Waals surface area contributed by atoms with Gasteiger partial charge in [0.2, 0.25) is 0 Å². The second-order valence-electron chi connectivity index (χ2n) is 7.71. The van der Waals surface area contributed by atoms with Crippen molar-refractivity contribution in [1.82, 2.24) is 5.43 Å². The molecule has 5 nitrogen and oxygen atoms in total. The maximum atomic E-state index is 12.4. The van der Waals surface area contributed by atoms with Crippen molar-refractivity contribution in [3.05, 3.63) is 91.4 Å². The number of rotatable bonds is 7. The Labute approximate surface area is 204 Å². The van der Waals surface area contributed by atoms with Crippen molar-refractivity contribution in [1.29, 1.82) is 0 Å². The number of nitrogens with zero attached hydrogens (tertiary/aromatic N) is 1. The highest BCUT2D eigenvalue weighted by Crippen LogP contribution is 2.32. The molecular weight excluding hydrogens is 536 g/mol. The van der Waals surface area contributed by atoms with Crippen LogP contribution in [0.5, 0.6) is 11.5 Å². The van der Waals surface area contributed by atoms with Gasteiger partial charge in [-0.2, -0.15) is 5.10 Å². The Kier molecular flexibility index (Phi) is 8.10. The van der Waals surface area contributed by atoms with Crippen LogP contribution in [0.4, 0.5) is 0 Å². The van der Waals surface area contributed by atoms with E-state index in [-0.39, 0.29) is 11.7 Å². The van der Waals surface area contributed by atoms with E-state index in [9.17, 15) is 9.90 Å². The molecule has 0 radical (unpaired) electrons. The average molecular weight is 560 g/mol. The number of hydrazone groups is 1. The number of carbonyl (C=O) groups excluding carboxylic acids is 1. The van der Waals surface area contributed by atoms with Gasteiger partial charge in [-0.1, -0.05) is 38.1 Å². The first kappa shape index (κ1) is 24.0. The Bertz CT molecular complexity index is 1120. The van der Waals surface area contributed by atoms with Gasteiger partial charge in [-0.15, -0.1) is 0 Å². The SMILES string of the molecule is Cc1ccc(C(C)C)c(OCc2ccc(C(=O)N/N=C/c3cc(Br)c(O)c(Br)c3)cc2)c1. The third-order valence-corrected chi connectivity index (χ3v) is 6.03. The molecule has 0 unspecified atom stereocenters. The molecule has 0 aromatic heterocycles. The van der Waals surface area contributed by atoms with E-state index < -0.39 is 0 Å². The number of benzene rings is 3. The predicted molar refractivity (Wildman–Crippen MR) is 135 cm³/mol. The Hall–Kier alpha value is -2.64. The molecule has 0 spiro atoms. The van der Waals surface area contributed by atoms with Crippen LogP contribution in [0.2, 0.25) is 0 Å². The van der Waals surface area contributed by atoms with Crippen molar-refractivity contribution >= 4 is 44.0 Å². The number of carbonyl (C=O) groups is 1. The Morgan fingerprint density at radius 3 is 2.38 bits per heavy atom. The van der Waals surface area contributed by atoms with Crippen LogP contribution in [0.1, 0.15) is 52.4 Å². The van der Waals surface area contributed by atoms with Gasteiger partial charge in [0.25, 0.3) is 5.91 Å². The number of amides is 1. The molecule has 3 aromatic carbocycles. The van der Waals surface area contributed by atoms with Crippen LogP contribution >= 0.6 is 31.9 Å². The Morgan fingerprint density at radius 2 is 1.75 bits per heavy atom. The average Bonchev–Trinajstić information content (AvgIpc) is 2.76. The van der Waals surface area contributed by atoms with Crippen molar-refractivity contribution in [3.8, 4) is 11.5 Å². The summed E-state index contributed by atoms with van der Waals surface area (Å²) in [7, 11) is 0. The lowest BCUT2D eigenvalue weighted by Gasteiger charge is -2.15. The number of ether oxygens (including phenoxy) is 1. The summed E-state index contributed by atoms with van der Waals surface area (Å²) < 4.78 is 7.12. The number of phenolic OH excluding ortho intramolecular Hbond substituents is 1. The van der Waals surface area contributed by atoms with Crippen molar-refractivity contribution in [3.63, 3.8) is 0 Å². The van der Waals surface area contributed by atoms with Crippen LogP contribution in [-0.4, -0.2) is 17.2 Å². The zero-order valence-electron chi connectivity index (χ0n) is 18.0. The minimum Gasteiger partial charge on any atom is -0.506 e. The van der Waals surface area contributed by atoms with Gasteiger partial charge in [0.15, 0.2) is 0 Å². The highest BCUT2D eigenvalue weighted by atomic mass is 79.9. The normalized spacial score (nSPS) is 11.2. The molecule has 3 aromatic rings. The van der Waals surface area contributed by atoms with E-state index in [1.807, 2.05) is 19.1 Å². The fourth-order valence-corrected chi connectivity index (χ4v) is 4.27. The summed E-state index contributed by atoms with van der Waals surface area (Å²) >= 11 is 6.53.